The summed E-state index contributed by atoms with van der Waals surface area (Å²) in [5, 5.41) is 5.49. The molecule has 1 atom stereocenters. The first kappa shape index (κ1) is 17.7. The monoisotopic (exact) mass is 351 g/mol. The summed E-state index contributed by atoms with van der Waals surface area (Å²) < 4.78 is 0. The number of carbonyl (C=O) groups excluding carboxylic acids is 3. The summed E-state index contributed by atoms with van der Waals surface area (Å²) in [6.07, 6.45) is 0.716. The number of hydrogen-bond acceptors (Lipinski definition) is 3. The molecule has 0 radical (unpaired) electrons. The summed E-state index contributed by atoms with van der Waals surface area (Å²) in [6.45, 7) is 1.98. The molecule has 2 N–H and O–H groups in total. The van der Waals surface area contributed by atoms with Crippen molar-refractivity contribution in [3.8, 4) is 0 Å². The van der Waals surface area contributed by atoms with Crippen LogP contribution in [0.25, 0.3) is 0 Å². The van der Waals surface area contributed by atoms with Gasteiger partial charge >= 0.3 is 0 Å². The molecule has 134 valence electrons. The smallest absolute Gasteiger partial charge is 0.254 e. The minimum absolute atomic E-state index is 0.121. The molecule has 0 spiro atoms. The molecule has 0 aromatic heterocycles. The number of amides is 3. The van der Waals surface area contributed by atoms with Crippen LogP contribution in [0.4, 0.5) is 5.69 Å². The Morgan fingerprint density at radius 3 is 2.54 bits per heavy atom. The lowest BCUT2D eigenvalue weighted by molar-refractivity contribution is -0.124. The number of benzene rings is 2. The second kappa shape index (κ2) is 7.82. The first-order chi connectivity index (χ1) is 12.6. The molecule has 3 rings (SSSR count). The van der Waals surface area contributed by atoms with Gasteiger partial charge in [0.1, 0.15) is 12.6 Å². The fraction of sp³-hybridized carbons (Fsp3) is 0.250. The third-order valence-electron chi connectivity index (χ3n) is 4.30. The van der Waals surface area contributed by atoms with Crippen LogP contribution < -0.4 is 15.5 Å². The summed E-state index contributed by atoms with van der Waals surface area (Å²) in [6, 6.07) is 16.0. The van der Waals surface area contributed by atoms with Crippen molar-refractivity contribution in [2.45, 2.75) is 19.4 Å². The Labute approximate surface area is 152 Å². The van der Waals surface area contributed by atoms with Crippen LogP contribution in [-0.4, -0.2) is 36.9 Å². The Balaban J connectivity index is 1.68. The zero-order valence-corrected chi connectivity index (χ0v) is 14.6. The van der Waals surface area contributed by atoms with E-state index in [1.165, 1.54) is 4.90 Å². The summed E-state index contributed by atoms with van der Waals surface area (Å²) in [5.41, 5.74) is 1.98. The molecule has 2 aromatic rings. The van der Waals surface area contributed by atoms with E-state index in [1.54, 1.807) is 31.2 Å². The van der Waals surface area contributed by atoms with Crippen LogP contribution in [0.3, 0.4) is 0 Å². The molecule has 6 heteroatoms. The molecule has 3 amide bonds. The molecule has 6 nitrogen and oxygen atoms in total. The normalized spacial score (nSPS) is 16.5. The van der Waals surface area contributed by atoms with Crippen molar-refractivity contribution in [1.82, 2.24) is 10.6 Å². The van der Waals surface area contributed by atoms with Crippen molar-refractivity contribution in [3.05, 3.63) is 65.7 Å². The average molecular weight is 351 g/mol. The number of fused-ring (bicyclic) bond motifs is 1. The Hall–Kier alpha value is -3.15. The minimum atomic E-state index is -0.688. The maximum Gasteiger partial charge on any atom is 0.254 e. The SMILES string of the molecule is CC1NC(=O)c2ccccc2N(CC(=O)NCCc2ccccc2)C1=O. The van der Waals surface area contributed by atoms with Gasteiger partial charge in [-0.25, -0.2) is 0 Å². The van der Waals surface area contributed by atoms with Crippen molar-refractivity contribution >= 4 is 23.4 Å². The van der Waals surface area contributed by atoms with E-state index in [1.807, 2.05) is 30.3 Å². The first-order valence-corrected chi connectivity index (χ1v) is 8.58. The molecule has 26 heavy (non-hydrogen) atoms. The predicted octanol–water partition coefficient (Wildman–Crippen LogP) is 1.51. The number of nitrogens with one attached hydrogen (secondary N) is 2. The van der Waals surface area contributed by atoms with Crippen molar-refractivity contribution in [3.63, 3.8) is 0 Å². The van der Waals surface area contributed by atoms with Crippen molar-refractivity contribution in [1.29, 1.82) is 0 Å². The van der Waals surface area contributed by atoms with Crippen molar-refractivity contribution in [2.75, 3.05) is 18.0 Å². The highest BCUT2D eigenvalue weighted by atomic mass is 16.2. The Kier molecular flexibility index (Phi) is 5.31. The largest absolute Gasteiger partial charge is 0.354 e. The predicted molar refractivity (Wildman–Crippen MR) is 98.9 cm³/mol. The number of hydrogen-bond donors (Lipinski definition) is 2. The van der Waals surface area contributed by atoms with Crippen LogP contribution in [0.2, 0.25) is 0 Å². The highest BCUT2D eigenvalue weighted by molar-refractivity contribution is 6.12. The van der Waals surface area contributed by atoms with Crippen LogP contribution in [0.5, 0.6) is 0 Å². The molecular weight excluding hydrogens is 330 g/mol. The number of anilines is 1. The molecule has 1 heterocycles. The lowest BCUT2D eigenvalue weighted by Crippen LogP contribution is -2.47. The molecule has 0 bridgehead atoms. The van der Waals surface area contributed by atoms with Gasteiger partial charge in [0.15, 0.2) is 0 Å². The van der Waals surface area contributed by atoms with E-state index in [0.29, 0.717) is 24.2 Å². The maximum atomic E-state index is 12.6. The Bertz CT molecular complexity index is 820. The molecule has 1 unspecified atom stereocenters. The van der Waals surface area contributed by atoms with E-state index < -0.39 is 6.04 Å². The fourth-order valence-electron chi connectivity index (χ4n) is 2.94. The molecule has 0 saturated heterocycles. The van der Waals surface area contributed by atoms with Gasteiger partial charge in [-0.3, -0.25) is 14.4 Å². The highest BCUT2D eigenvalue weighted by Crippen LogP contribution is 2.23. The number of nitrogens with zero attached hydrogens (tertiary/aromatic N) is 1. The van der Waals surface area contributed by atoms with E-state index >= 15 is 0 Å². The minimum Gasteiger partial charge on any atom is -0.354 e. The number of rotatable bonds is 5. The van der Waals surface area contributed by atoms with E-state index in [0.717, 1.165) is 5.56 Å². The topological polar surface area (TPSA) is 78.5 Å². The van der Waals surface area contributed by atoms with Crippen LogP contribution in [0.1, 0.15) is 22.8 Å². The van der Waals surface area contributed by atoms with Gasteiger partial charge in [0.2, 0.25) is 11.8 Å². The van der Waals surface area contributed by atoms with Gasteiger partial charge in [-0.1, -0.05) is 42.5 Å². The Morgan fingerprint density at radius 1 is 1.08 bits per heavy atom. The van der Waals surface area contributed by atoms with E-state index in [4.69, 9.17) is 0 Å². The molecule has 0 aliphatic carbocycles. The molecule has 1 aliphatic rings. The third kappa shape index (κ3) is 3.91. The van der Waals surface area contributed by atoms with Gasteiger partial charge in [-0.2, -0.15) is 0 Å². The van der Waals surface area contributed by atoms with E-state index in [9.17, 15) is 14.4 Å². The second-order valence-corrected chi connectivity index (χ2v) is 6.22. The molecule has 0 saturated carbocycles. The zero-order chi connectivity index (χ0) is 18.5. The standard InChI is InChI=1S/C20H21N3O3/c1-14-20(26)23(17-10-6-5-9-16(17)19(25)22-14)13-18(24)21-12-11-15-7-3-2-4-8-15/h2-10,14H,11-13H2,1H3,(H,21,24)(H,22,25). The number of para-hydroxylation sites is 1. The molecular formula is C20H21N3O3. The van der Waals surface area contributed by atoms with Crippen molar-refractivity contribution < 1.29 is 14.4 Å². The van der Waals surface area contributed by atoms with Gasteiger partial charge < -0.3 is 15.5 Å². The number of carbonyl (C=O) groups is 3. The summed E-state index contributed by atoms with van der Waals surface area (Å²) in [7, 11) is 0. The van der Waals surface area contributed by atoms with Gasteiger partial charge in [0.05, 0.1) is 11.3 Å². The maximum absolute atomic E-state index is 12.6. The molecule has 0 fully saturated rings. The quantitative estimate of drug-likeness (QED) is 0.857. The van der Waals surface area contributed by atoms with Crippen LogP contribution in [-0.2, 0) is 16.0 Å². The van der Waals surface area contributed by atoms with E-state index in [2.05, 4.69) is 10.6 Å². The second-order valence-electron chi connectivity index (χ2n) is 6.22. The average Bonchev–Trinajstić information content (AvgIpc) is 2.74. The Morgan fingerprint density at radius 2 is 1.77 bits per heavy atom. The van der Waals surface area contributed by atoms with Crippen LogP contribution in [0.15, 0.2) is 54.6 Å². The first-order valence-electron chi connectivity index (χ1n) is 8.58. The molecule has 2 aromatic carbocycles. The third-order valence-corrected chi connectivity index (χ3v) is 4.30. The van der Waals surface area contributed by atoms with Crippen LogP contribution >= 0.6 is 0 Å². The van der Waals surface area contributed by atoms with Gasteiger partial charge in [0, 0.05) is 6.54 Å². The highest BCUT2D eigenvalue weighted by Gasteiger charge is 2.31. The van der Waals surface area contributed by atoms with Gasteiger partial charge in [0.25, 0.3) is 5.91 Å². The van der Waals surface area contributed by atoms with Crippen LogP contribution in [0, 0.1) is 0 Å². The summed E-state index contributed by atoms with van der Waals surface area (Å²) >= 11 is 0. The van der Waals surface area contributed by atoms with Gasteiger partial charge in [-0.05, 0) is 31.0 Å². The lowest BCUT2D eigenvalue weighted by Gasteiger charge is -2.23. The summed E-state index contributed by atoms with van der Waals surface area (Å²) in [5.74, 6) is -0.874. The lowest BCUT2D eigenvalue weighted by atomic mass is 10.1. The zero-order valence-electron chi connectivity index (χ0n) is 14.6. The summed E-state index contributed by atoms with van der Waals surface area (Å²) in [4.78, 5) is 38.6. The van der Waals surface area contributed by atoms with Gasteiger partial charge in [-0.15, -0.1) is 0 Å². The fourth-order valence-corrected chi connectivity index (χ4v) is 2.94. The van der Waals surface area contributed by atoms with Crippen molar-refractivity contribution in [2.24, 2.45) is 0 Å². The molecule has 1 aliphatic heterocycles. The van der Waals surface area contributed by atoms with E-state index in [-0.39, 0.29) is 24.3 Å².